The van der Waals surface area contributed by atoms with E-state index in [9.17, 15) is 0 Å². The van der Waals surface area contributed by atoms with Crippen molar-refractivity contribution < 1.29 is 4.74 Å². The molecule has 2 aromatic rings. The lowest BCUT2D eigenvalue weighted by Crippen LogP contribution is -2.11. The molecule has 1 N–H and O–H groups in total. The van der Waals surface area contributed by atoms with Gasteiger partial charge in [-0.05, 0) is 74.2 Å². The lowest BCUT2D eigenvalue weighted by Gasteiger charge is -2.15. The van der Waals surface area contributed by atoms with Gasteiger partial charge in [0.25, 0.3) is 0 Å². The Kier molecular flexibility index (Phi) is 5.03. The average Bonchev–Trinajstić information content (AvgIpc) is 2.45. The molecule has 2 heteroatoms. The first-order valence-electron chi connectivity index (χ1n) is 7.57. The van der Waals surface area contributed by atoms with Crippen LogP contribution in [0, 0.1) is 27.7 Å². The van der Waals surface area contributed by atoms with Crippen molar-refractivity contribution in [3.63, 3.8) is 0 Å². The van der Waals surface area contributed by atoms with Crippen LogP contribution in [0.15, 0.2) is 30.3 Å². The van der Waals surface area contributed by atoms with Gasteiger partial charge in [0.2, 0.25) is 0 Å². The first-order chi connectivity index (χ1) is 10.0. The van der Waals surface area contributed by atoms with E-state index < -0.39 is 0 Å². The van der Waals surface area contributed by atoms with E-state index in [1.165, 1.54) is 22.3 Å². The molecule has 0 atom stereocenters. The fraction of sp³-hybridized carbons (Fsp3) is 0.368. The van der Waals surface area contributed by atoms with E-state index in [4.69, 9.17) is 4.74 Å². The fourth-order valence-corrected chi connectivity index (χ4v) is 2.36. The highest BCUT2D eigenvalue weighted by Gasteiger charge is 2.08. The fourth-order valence-electron chi connectivity index (χ4n) is 2.36. The smallest absolute Gasteiger partial charge is 0.130 e. The topological polar surface area (TPSA) is 21.3 Å². The lowest BCUT2D eigenvalue weighted by atomic mass is 10.1. The minimum absolute atomic E-state index is 0.874. The van der Waals surface area contributed by atoms with E-state index in [0.717, 1.165) is 30.2 Å². The van der Waals surface area contributed by atoms with Crippen molar-refractivity contribution in [2.75, 3.05) is 6.54 Å². The first-order valence-corrected chi connectivity index (χ1v) is 7.57. The normalized spacial score (nSPS) is 10.7. The number of hydrogen-bond acceptors (Lipinski definition) is 2. The minimum Gasteiger partial charge on any atom is -0.457 e. The van der Waals surface area contributed by atoms with Crippen LogP contribution in [-0.2, 0) is 6.54 Å². The minimum atomic E-state index is 0.874. The van der Waals surface area contributed by atoms with Crippen molar-refractivity contribution in [1.82, 2.24) is 5.32 Å². The lowest BCUT2D eigenvalue weighted by molar-refractivity contribution is 0.473. The van der Waals surface area contributed by atoms with Crippen molar-refractivity contribution in [3.8, 4) is 11.5 Å². The number of nitrogens with one attached hydrogen (secondary N) is 1. The van der Waals surface area contributed by atoms with Crippen molar-refractivity contribution in [2.24, 2.45) is 0 Å². The van der Waals surface area contributed by atoms with Crippen LogP contribution >= 0.6 is 0 Å². The van der Waals surface area contributed by atoms with Gasteiger partial charge in [-0.25, -0.2) is 0 Å². The van der Waals surface area contributed by atoms with Crippen molar-refractivity contribution >= 4 is 0 Å². The Bertz CT molecular complexity index is 632. The predicted molar refractivity (Wildman–Crippen MR) is 89.3 cm³/mol. The van der Waals surface area contributed by atoms with E-state index >= 15 is 0 Å². The molecule has 0 bridgehead atoms. The van der Waals surface area contributed by atoms with Crippen molar-refractivity contribution in [1.29, 1.82) is 0 Å². The Morgan fingerprint density at radius 2 is 1.67 bits per heavy atom. The predicted octanol–water partition coefficient (Wildman–Crippen LogP) is 4.82. The molecule has 2 nitrogen and oxygen atoms in total. The molecular weight excluding hydrogens is 258 g/mol. The zero-order valence-electron chi connectivity index (χ0n) is 13.7. The Hall–Kier alpha value is -1.80. The maximum absolute atomic E-state index is 6.19. The molecule has 2 aromatic carbocycles. The summed E-state index contributed by atoms with van der Waals surface area (Å²) in [5.74, 6) is 1.90. The maximum Gasteiger partial charge on any atom is 0.130 e. The molecule has 0 aliphatic rings. The summed E-state index contributed by atoms with van der Waals surface area (Å²) in [4.78, 5) is 0. The molecule has 0 aliphatic carbocycles. The summed E-state index contributed by atoms with van der Waals surface area (Å²) in [7, 11) is 0. The Morgan fingerprint density at radius 3 is 2.38 bits per heavy atom. The molecule has 0 spiro atoms. The van der Waals surface area contributed by atoms with Crippen molar-refractivity contribution in [3.05, 3.63) is 58.1 Å². The molecule has 0 fully saturated rings. The highest BCUT2D eigenvalue weighted by Crippen LogP contribution is 2.31. The molecule has 0 aliphatic heterocycles. The number of hydrogen-bond donors (Lipinski definition) is 1. The molecule has 0 unspecified atom stereocenters. The van der Waals surface area contributed by atoms with E-state index in [-0.39, 0.29) is 0 Å². The number of benzene rings is 2. The van der Waals surface area contributed by atoms with Crippen LogP contribution in [0.1, 0.15) is 34.7 Å². The molecule has 0 radical (unpaired) electrons. The van der Waals surface area contributed by atoms with Crippen molar-refractivity contribution in [2.45, 2.75) is 41.2 Å². The van der Waals surface area contributed by atoms with Gasteiger partial charge in [-0.3, -0.25) is 0 Å². The van der Waals surface area contributed by atoms with Crippen LogP contribution in [0.4, 0.5) is 0 Å². The number of rotatable bonds is 5. The van der Waals surface area contributed by atoms with Gasteiger partial charge in [0.05, 0.1) is 0 Å². The second-order valence-corrected chi connectivity index (χ2v) is 5.69. The Morgan fingerprint density at radius 1 is 0.905 bits per heavy atom. The van der Waals surface area contributed by atoms with Gasteiger partial charge in [0, 0.05) is 6.54 Å². The molecule has 0 heterocycles. The largest absolute Gasteiger partial charge is 0.457 e. The van der Waals surface area contributed by atoms with Gasteiger partial charge in [0.1, 0.15) is 11.5 Å². The second kappa shape index (κ2) is 6.77. The average molecular weight is 283 g/mol. The summed E-state index contributed by atoms with van der Waals surface area (Å²) >= 11 is 0. The molecular formula is C19H25NO. The van der Waals surface area contributed by atoms with E-state index in [1.807, 2.05) is 0 Å². The maximum atomic E-state index is 6.19. The van der Waals surface area contributed by atoms with Gasteiger partial charge < -0.3 is 10.1 Å². The van der Waals surface area contributed by atoms with E-state index in [0.29, 0.717) is 0 Å². The molecule has 0 saturated heterocycles. The third-order valence-corrected chi connectivity index (χ3v) is 3.82. The van der Waals surface area contributed by atoms with Crippen LogP contribution in [0.25, 0.3) is 0 Å². The third-order valence-electron chi connectivity index (χ3n) is 3.82. The van der Waals surface area contributed by atoms with Crippen LogP contribution in [-0.4, -0.2) is 6.54 Å². The second-order valence-electron chi connectivity index (χ2n) is 5.69. The Labute approximate surface area is 128 Å². The SMILES string of the molecule is CCNCc1ccc(C)c(Oc2cc(C)cc(C)c2C)c1. The van der Waals surface area contributed by atoms with Crippen LogP contribution in [0.3, 0.4) is 0 Å². The third kappa shape index (κ3) is 3.85. The first kappa shape index (κ1) is 15.6. The highest BCUT2D eigenvalue weighted by atomic mass is 16.5. The van der Waals surface area contributed by atoms with Gasteiger partial charge in [-0.1, -0.05) is 25.1 Å². The highest BCUT2D eigenvalue weighted by molar-refractivity contribution is 5.46. The molecule has 0 amide bonds. The van der Waals surface area contributed by atoms with Crippen LogP contribution in [0.5, 0.6) is 11.5 Å². The van der Waals surface area contributed by atoms with E-state index in [2.05, 4.69) is 70.3 Å². The van der Waals surface area contributed by atoms with Gasteiger partial charge in [-0.2, -0.15) is 0 Å². The van der Waals surface area contributed by atoms with Crippen LogP contribution < -0.4 is 10.1 Å². The Balaban J connectivity index is 2.30. The molecule has 112 valence electrons. The van der Waals surface area contributed by atoms with Gasteiger partial charge in [-0.15, -0.1) is 0 Å². The zero-order chi connectivity index (χ0) is 15.4. The molecule has 21 heavy (non-hydrogen) atoms. The number of ether oxygens (including phenoxy) is 1. The summed E-state index contributed by atoms with van der Waals surface area (Å²) in [6.45, 7) is 12.4. The summed E-state index contributed by atoms with van der Waals surface area (Å²) < 4.78 is 6.19. The molecule has 0 aromatic heterocycles. The van der Waals surface area contributed by atoms with Crippen LogP contribution in [0.2, 0.25) is 0 Å². The van der Waals surface area contributed by atoms with Gasteiger partial charge in [0.15, 0.2) is 0 Å². The number of aryl methyl sites for hydroxylation is 3. The van der Waals surface area contributed by atoms with Gasteiger partial charge >= 0.3 is 0 Å². The monoisotopic (exact) mass is 283 g/mol. The van der Waals surface area contributed by atoms with E-state index in [1.54, 1.807) is 0 Å². The standard InChI is InChI=1S/C19H25NO/c1-6-20-12-17-8-7-14(3)18(11-17)21-19-10-13(2)9-15(4)16(19)5/h7-11,20H,6,12H2,1-5H3. The molecule has 0 saturated carbocycles. The summed E-state index contributed by atoms with van der Waals surface area (Å²) in [5, 5.41) is 3.35. The quantitative estimate of drug-likeness (QED) is 0.849. The zero-order valence-corrected chi connectivity index (χ0v) is 13.7. The molecule has 2 rings (SSSR count). The summed E-state index contributed by atoms with van der Waals surface area (Å²) in [6.07, 6.45) is 0. The summed E-state index contributed by atoms with van der Waals surface area (Å²) in [5.41, 5.74) is 6.12. The summed E-state index contributed by atoms with van der Waals surface area (Å²) in [6, 6.07) is 10.7.